The molecule has 0 bridgehead atoms. The molecule has 0 aliphatic carbocycles. The van der Waals surface area contributed by atoms with Crippen LogP contribution in [0, 0.1) is 17.7 Å². The monoisotopic (exact) mass is 328 g/mol. The zero-order valence-corrected chi connectivity index (χ0v) is 14.8. The Morgan fingerprint density at radius 1 is 1.36 bits per heavy atom. The lowest BCUT2D eigenvalue weighted by Crippen LogP contribution is -2.37. The molecule has 2 rings (SSSR count). The highest BCUT2D eigenvalue weighted by Crippen LogP contribution is 2.32. The summed E-state index contributed by atoms with van der Waals surface area (Å²) in [6, 6.07) is 3.87. The number of benzene rings is 1. The average Bonchev–Trinajstić information content (AvgIpc) is 2.82. The molecule has 124 valence electrons. The highest BCUT2D eigenvalue weighted by atomic mass is 35.5. The maximum absolute atomic E-state index is 14.0. The van der Waals surface area contributed by atoms with Gasteiger partial charge in [0.2, 0.25) is 0 Å². The van der Waals surface area contributed by atoms with Crippen molar-refractivity contribution in [1.29, 1.82) is 0 Å². The van der Waals surface area contributed by atoms with E-state index in [0.717, 1.165) is 18.7 Å². The molecule has 0 unspecified atom stereocenters. The second-order valence-corrected chi connectivity index (χ2v) is 7.13. The van der Waals surface area contributed by atoms with E-state index in [1.807, 2.05) is 0 Å². The quantitative estimate of drug-likeness (QED) is 0.822. The molecule has 1 aromatic carbocycles. The van der Waals surface area contributed by atoms with Gasteiger partial charge in [0.05, 0.1) is 12.1 Å². The van der Waals surface area contributed by atoms with Gasteiger partial charge in [0.15, 0.2) is 11.6 Å². The van der Waals surface area contributed by atoms with Crippen molar-refractivity contribution in [2.75, 3.05) is 34.3 Å². The van der Waals surface area contributed by atoms with E-state index >= 15 is 0 Å². The molecular weight excluding hydrogens is 303 g/mol. The second kappa shape index (κ2) is 7.16. The van der Waals surface area contributed by atoms with E-state index in [9.17, 15) is 4.39 Å². The molecule has 0 amide bonds. The Morgan fingerprint density at radius 3 is 2.50 bits per heavy atom. The minimum absolute atomic E-state index is 0.123. The van der Waals surface area contributed by atoms with Crippen LogP contribution in [0.4, 0.5) is 4.39 Å². The first kappa shape index (κ1) is 17.5. The normalized spacial score (nSPS) is 22.8. The Hall–Kier alpha value is -0.840. The summed E-state index contributed by atoms with van der Waals surface area (Å²) in [6.07, 6.45) is 0. The Kier molecular flexibility index (Phi) is 5.70. The van der Waals surface area contributed by atoms with E-state index in [1.54, 1.807) is 6.07 Å². The van der Waals surface area contributed by atoms with Crippen LogP contribution in [-0.4, -0.2) is 50.1 Å². The average molecular weight is 329 g/mol. The summed E-state index contributed by atoms with van der Waals surface area (Å²) in [6.45, 7) is 7.30. The highest BCUT2D eigenvalue weighted by Gasteiger charge is 2.35. The molecule has 1 aromatic rings. The first-order chi connectivity index (χ1) is 10.3. The van der Waals surface area contributed by atoms with Gasteiger partial charge in [-0.2, -0.15) is 0 Å². The third-order valence-electron chi connectivity index (χ3n) is 4.60. The third kappa shape index (κ3) is 3.73. The van der Waals surface area contributed by atoms with E-state index < -0.39 is 5.82 Å². The molecule has 5 heteroatoms. The van der Waals surface area contributed by atoms with Gasteiger partial charge in [-0.25, -0.2) is 4.39 Å². The van der Waals surface area contributed by atoms with Crippen LogP contribution in [0.5, 0.6) is 5.75 Å². The number of ether oxygens (including phenoxy) is 1. The molecule has 0 radical (unpaired) electrons. The fourth-order valence-electron chi connectivity index (χ4n) is 3.38. The van der Waals surface area contributed by atoms with E-state index in [4.69, 9.17) is 16.3 Å². The summed E-state index contributed by atoms with van der Waals surface area (Å²) >= 11 is 6.09. The lowest BCUT2D eigenvalue weighted by Gasteiger charge is -2.27. The van der Waals surface area contributed by atoms with Crippen LogP contribution in [0.2, 0.25) is 5.02 Å². The Labute approximate surface area is 138 Å². The Morgan fingerprint density at radius 2 is 2.05 bits per heavy atom. The van der Waals surface area contributed by atoms with Crippen molar-refractivity contribution >= 4 is 11.6 Å². The van der Waals surface area contributed by atoms with Gasteiger partial charge >= 0.3 is 0 Å². The van der Waals surface area contributed by atoms with Crippen LogP contribution < -0.4 is 4.74 Å². The molecule has 1 aliphatic heterocycles. The van der Waals surface area contributed by atoms with E-state index in [0.29, 0.717) is 29.4 Å². The SMILES string of the molecule is COc1c(F)cc(CN2C[C@@H](N(C)C)[C@H](C(C)C)C2)cc1Cl. The number of methoxy groups -OCH3 is 1. The van der Waals surface area contributed by atoms with Crippen LogP contribution in [0.1, 0.15) is 19.4 Å². The Bertz CT molecular complexity index is 482. The van der Waals surface area contributed by atoms with E-state index in [2.05, 4.69) is 37.7 Å². The van der Waals surface area contributed by atoms with Gasteiger partial charge in [0.1, 0.15) is 0 Å². The molecule has 3 nitrogen and oxygen atoms in total. The lowest BCUT2D eigenvalue weighted by molar-refractivity contribution is 0.215. The first-order valence-corrected chi connectivity index (χ1v) is 8.12. The molecule has 2 atom stereocenters. The largest absolute Gasteiger partial charge is 0.492 e. The summed E-state index contributed by atoms with van der Waals surface area (Å²) in [4.78, 5) is 4.68. The predicted octanol–water partition coefficient (Wildman–Crippen LogP) is 3.51. The molecule has 1 fully saturated rings. The topological polar surface area (TPSA) is 15.7 Å². The van der Waals surface area contributed by atoms with Crippen LogP contribution in [0.15, 0.2) is 12.1 Å². The molecule has 1 aliphatic rings. The van der Waals surface area contributed by atoms with Crippen molar-refractivity contribution in [3.05, 3.63) is 28.5 Å². The number of rotatable bonds is 5. The summed E-state index contributed by atoms with van der Waals surface area (Å²) in [5.41, 5.74) is 0.894. The van der Waals surface area contributed by atoms with Crippen molar-refractivity contribution in [2.45, 2.75) is 26.4 Å². The number of hydrogen-bond acceptors (Lipinski definition) is 3. The summed E-state index contributed by atoms with van der Waals surface area (Å²) < 4.78 is 18.9. The van der Waals surface area contributed by atoms with Crippen molar-refractivity contribution < 1.29 is 9.13 Å². The van der Waals surface area contributed by atoms with Gasteiger partial charge in [0.25, 0.3) is 0 Å². The van der Waals surface area contributed by atoms with Gasteiger partial charge in [-0.15, -0.1) is 0 Å². The predicted molar refractivity (Wildman–Crippen MR) is 89.0 cm³/mol. The Balaban J connectivity index is 2.12. The standard InChI is InChI=1S/C17H26ClFN2O/c1-11(2)13-9-21(10-16(13)20(3)4)8-12-6-14(18)17(22-5)15(19)7-12/h6-7,11,13,16H,8-10H2,1-5H3/t13-,16+/m0/s1. The molecule has 0 aromatic heterocycles. The van der Waals surface area contributed by atoms with Gasteiger partial charge in [0, 0.05) is 25.7 Å². The number of hydrogen-bond donors (Lipinski definition) is 0. The number of likely N-dealkylation sites (tertiary alicyclic amines) is 1. The maximum atomic E-state index is 14.0. The minimum Gasteiger partial charge on any atom is -0.492 e. The minimum atomic E-state index is -0.395. The molecule has 1 heterocycles. The summed E-state index contributed by atoms with van der Waals surface area (Å²) in [5, 5.41) is 0.335. The van der Waals surface area contributed by atoms with Crippen LogP contribution in [-0.2, 0) is 6.54 Å². The van der Waals surface area contributed by atoms with E-state index in [1.165, 1.54) is 13.2 Å². The van der Waals surface area contributed by atoms with E-state index in [-0.39, 0.29) is 5.75 Å². The molecule has 0 spiro atoms. The van der Waals surface area contributed by atoms with Crippen LogP contribution in [0.3, 0.4) is 0 Å². The van der Waals surface area contributed by atoms with Crippen molar-refractivity contribution in [3.63, 3.8) is 0 Å². The zero-order valence-electron chi connectivity index (χ0n) is 14.1. The third-order valence-corrected chi connectivity index (χ3v) is 4.88. The van der Waals surface area contributed by atoms with Gasteiger partial charge in [-0.05, 0) is 43.6 Å². The van der Waals surface area contributed by atoms with Gasteiger partial charge < -0.3 is 9.64 Å². The second-order valence-electron chi connectivity index (χ2n) is 6.73. The summed E-state index contributed by atoms with van der Waals surface area (Å²) in [5.74, 6) is 0.994. The van der Waals surface area contributed by atoms with Crippen LogP contribution >= 0.6 is 11.6 Å². The summed E-state index contributed by atoms with van der Waals surface area (Å²) in [7, 11) is 5.69. The van der Waals surface area contributed by atoms with Gasteiger partial charge in [-0.3, -0.25) is 4.90 Å². The number of halogens is 2. The molecule has 22 heavy (non-hydrogen) atoms. The molecule has 0 saturated carbocycles. The number of likely N-dealkylation sites (N-methyl/N-ethyl adjacent to an activating group) is 1. The van der Waals surface area contributed by atoms with Gasteiger partial charge in [-0.1, -0.05) is 25.4 Å². The maximum Gasteiger partial charge on any atom is 0.173 e. The smallest absolute Gasteiger partial charge is 0.173 e. The first-order valence-electron chi connectivity index (χ1n) is 7.74. The highest BCUT2D eigenvalue weighted by molar-refractivity contribution is 6.32. The zero-order chi connectivity index (χ0) is 16.4. The van der Waals surface area contributed by atoms with Crippen molar-refractivity contribution in [1.82, 2.24) is 9.80 Å². The molecule has 1 saturated heterocycles. The lowest BCUT2D eigenvalue weighted by atomic mass is 9.91. The van der Waals surface area contributed by atoms with Crippen molar-refractivity contribution in [3.8, 4) is 5.75 Å². The molecule has 0 N–H and O–H groups in total. The molecular formula is C17H26ClFN2O. The fourth-order valence-corrected chi connectivity index (χ4v) is 3.69. The van der Waals surface area contributed by atoms with Crippen LogP contribution in [0.25, 0.3) is 0 Å². The number of nitrogens with zero attached hydrogens (tertiary/aromatic N) is 2. The fraction of sp³-hybridized carbons (Fsp3) is 0.647. The van der Waals surface area contributed by atoms with Crippen molar-refractivity contribution in [2.24, 2.45) is 11.8 Å².